The minimum atomic E-state index is -0.578. The first kappa shape index (κ1) is 15.3. The normalized spacial score (nSPS) is 12.0. The topological polar surface area (TPSA) is 52.0 Å². The molecule has 0 bridgehead atoms. The molecular formula is C11H17ClF2N2. The third-order valence-corrected chi connectivity index (χ3v) is 2.33. The standard InChI is InChI=1S/C11H16F2N2.ClH/c12-8-4-5-9(10(13)7-8)11(15)3-1-2-6-14;/h4-5,7,11H,1-3,6,14-15H2;1H/t11-;/m0./s1. The summed E-state index contributed by atoms with van der Waals surface area (Å²) in [4.78, 5) is 0. The Hall–Kier alpha value is -0.710. The highest BCUT2D eigenvalue weighted by Crippen LogP contribution is 2.20. The fourth-order valence-electron chi connectivity index (χ4n) is 1.47. The number of unbranched alkanes of at least 4 members (excludes halogenated alkanes) is 1. The molecule has 1 rings (SSSR count). The van der Waals surface area contributed by atoms with Gasteiger partial charge in [0.2, 0.25) is 0 Å². The second-order valence-electron chi connectivity index (χ2n) is 3.56. The van der Waals surface area contributed by atoms with E-state index in [2.05, 4.69) is 0 Å². The number of hydrogen-bond acceptors (Lipinski definition) is 2. The molecule has 0 spiro atoms. The van der Waals surface area contributed by atoms with Crippen LogP contribution in [0.4, 0.5) is 8.78 Å². The van der Waals surface area contributed by atoms with Crippen LogP contribution in [0.2, 0.25) is 0 Å². The fraction of sp³-hybridized carbons (Fsp3) is 0.455. The van der Waals surface area contributed by atoms with Gasteiger partial charge in [0.15, 0.2) is 0 Å². The molecule has 0 aliphatic heterocycles. The molecule has 1 aromatic carbocycles. The van der Waals surface area contributed by atoms with Gasteiger partial charge in [0, 0.05) is 17.7 Å². The summed E-state index contributed by atoms with van der Waals surface area (Å²) in [6.07, 6.45) is 2.39. The maximum atomic E-state index is 13.3. The van der Waals surface area contributed by atoms with Crippen LogP contribution >= 0.6 is 12.4 Å². The van der Waals surface area contributed by atoms with Crippen LogP contribution in [-0.2, 0) is 0 Å². The number of nitrogens with two attached hydrogens (primary N) is 2. The van der Waals surface area contributed by atoms with Crippen LogP contribution in [0.25, 0.3) is 0 Å². The highest BCUT2D eigenvalue weighted by atomic mass is 35.5. The van der Waals surface area contributed by atoms with E-state index in [-0.39, 0.29) is 18.4 Å². The van der Waals surface area contributed by atoms with Crippen LogP contribution in [0.3, 0.4) is 0 Å². The van der Waals surface area contributed by atoms with Crippen molar-refractivity contribution in [2.24, 2.45) is 11.5 Å². The summed E-state index contributed by atoms with van der Waals surface area (Å²) in [6, 6.07) is 3.11. The molecule has 0 aromatic heterocycles. The van der Waals surface area contributed by atoms with E-state index in [9.17, 15) is 8.78 Å². The Kier molecular flexibility index (Phi) is 7.21. The van der Waals surface area contributed by atoms with Crippen molar-refractivity contribution in [2.45, 2.75) is 25.3 Å². The van der Waals surface area contributed by atoms with Gasteiger partial charge in [-0.3, -0.25) is 0 Å². The van der Waals surface area contributed by atoms with Crippen LogP contribution in [-0.4, -0.2) is 6.54 Å². The van der Waals surface area contributed by atoms with E-state index in [1.165, 1.54) is 12.1 Å². The van der Waals surface area contributed by atoms with Crippen molar-refractivity contribution in [2.75, 3.05) is 6.54 Å². The maximum absolute atomic E-state index is 13.3. The van der Waals surface area contributed by atoms with Gasteiger partial charge in [0.25, 0.3) is 0 Å². The molecule has 0 aliphatic rings. The Morgan fingerprint density at radius 2 is 1.88 bits per heavy atom. The summed E-state index contributed by atoms with van der Waals surface area (Å²) < 4.78 is 25.9. The molecule has 2 nitrogen and oxygen atoms in total. The summed E-state index contributed by atoms with van der Waals surface area (Å²) in [5, 5.41) is 0. The van der Waals surface area contributed by atoms with Crippen LogP contribution in [0.15, 0.2) is 18.2 Å². The Labute approximate surface area is 100 Å². The predicted octanol–water partition coefficient (Wildman–Crippen LogP) is 2.52. The van der Waals surface area contributed by atoms with Gasteiger partial charge in [-0.05, 0) is 25.5 Å². The molecule has 1 aromatic rings. The van der Waals surface area contributed by atoms with Gasteiger partial charge in [-0.1, -0.05) is 12.5 Å². The van der Waals surface area contributed by atoms with Crippen molar-refractivity contribution in [1.29, 1.82) is 0 Å². The first-order chi connectivity index (χ1) is 7.15. The molecule has 1 atom stereocenters. The second-order valence-corrected chi connectivity index (χ2v) is 3.56. The van der Waals surface area contributed by atoms with E-state index in [4.69, 9.17) is 11.5 Å². The van der Waals surface area contributed by atoms with Crippen molar-refractivity contribution in [3.05, 3.63) is 35.4 Å². The predicted molar refractivity (Wildman–Crippen MR) is 63.4 cm³/mol. The van der Waals surface area contributed by atoms with E-state index in [0.717, 1.165) is 18.9 Å². The SMILES string of the molecule is Cl.NCCCC[C@H](N)c1ccc(F)cc1F. The van der Waals surface area contributed by atoms with Gasteiger partial charge in [-0.2, -0.15) is 0 Å². The number of rotatable bonds is 5. The highest BCUT2D eigenvalue weighted by molar-refractivity contribution is 5.85. The van der Waals surface area contributed by atoms with E-state index in [1.54, 1.807) is 0 Å². The zero-order valence-electron chi connectivity index (χ0n) is 8.96. The van der Waals surface area contributed by atoms with Gasteiger partial charge in [-0.15, -0.1) is 12.4 Å². The maximum Gasteiger partial charge on any atom is 0.130 e. The Balaban J connectivity index is 0.00000225. The molecule has 0 saturated carbocycles. The van der Waals surface area contributed by atoms with E-state index < -0.39 is 11.6 Å². The van der Waals surface area contributed by atoms with Crippen molar-refractivity contribution in [3.8, 4) is 0 Å². The fourth-order valence-corrected chi connectivity index (χ4v) is 1.47. The molecule has 92 valence electrons. The molecule has 4 N–H and O–H groups in total. The molecule has 0 amide bonds. The molecule has 16 heavy (non-hydrogen) atoms. The van der Waals surface area contributed by atoms with E-state index in [0.29, 0.717) is 18.5 Å². The number of hydrogen-bond donors (Lipinski definition) is 2. The van der Waals surface area contributed by atoms with Crippen LogP contribution in [0, 0.1) is 11.6 Å². The third-order valence-electron chi connectivity index (χ3n) is 2.33. The smallest absolute Gasteiger partial charge is 0.130 e. The highest BCUT2D eigenvalue weighted by Gasteiger charge is 2.11. The summed E-state index contributed by atoms with van der Waals surface area (Å²) in [5.74, 6) is -1.15. The zero-order valence-corrected chi connectivity index (χ0v) is 9.77. The summed E-state index contributed by atoms with van der Waals surface area (Å²) in [7, 11) is 0. The van der Waals surface area contributed by atoms with Crippen LogP contribution < -0.4 is 11.5 Å². The Bertz CT molecular complexity index is 321. The van der Waals surface area contributed by atoms with Crippen LogP contribution in [0.5, 0.6) is 0 Å². The lowest BCUT2D eigenvalue weighted by Gasteiger charge is -2.12. The van der Waals surface area contributed by atoms with Crippen molar-refractivity contribution < 1.29 is 8.78 Å². The molecule has 0 radical (unpaired) electrons. The Morgan fingerprint density at radius 1 is 1.19 bits per heavy atom. The zero-order chi connectivity index (χ0) is 11.3. The molecule has 5 heteroatoms. The van der Waals surface area contributed by atoms with Gasteiger partial charge in [0.1, 0.15) is 11.6 Å². The minimum absolute atomic E-state index is 0. The van der Waals surface area contributed by atoms with E-state index in [1.807, 2.05) is 0 Å². The molecule has 0 unspecified atom stereocenters. The summed E-state index contributed by atoms with van der Waals surface area (Å²) in [5.41, 5.74) is 11.5. The molecule has 0 saturated heterocycles. The van der Waals surface area contributed by atoms with Crippen LogP contribution in [0.1, 0.15) is 30.9 Å². The first-order valence-corrected chi connectivity index (χ1v) is 5.05. The molecule has 0 fully saturated rings. The van der Waals surface area contributed by atoms with Gasteiger partial charge < -0.3 is 11.5 Å². The first-order valence-electron chi connectivity index (χ1n) is 5.05. The largest absolute Gasteiger partial charge is 0.330 e. The molecular weight excluding hydrogens is 234 g/mol. The average molecular weight is 251 g/mol. The van der Waals surface area contributed by atoms with Gasteiger partial charge in [-0.25, -0.2) is 8.78 Å². The monoisotopic (exact) mass is 250 g/mol. The third kappa shape index (κ3) is 4.43. The lowest BCUT2D eigenvalue weighted by atomic mass is 10.0. The average Bonchev–Trinajstić information content (AvgIpc) is 2.17. The van der Waals surface area contributed by atoms with Gasteiger partial charge in [0.05, 0.1) is 0 Å². The Morgan fingerprint density at radius 3 is 2.44 bits per heavy atom. The van der Waals surface area contributed by atoms with Crippen molar-refractivity contribution in [3.63, 3.8) is 0 Å². The summed E-state index contributed by atoms with van der Waals surface area (Å²) in [6.45, 7) is 0.610. The lowest BCUT2D eigenvalue weighted by molar-refractivity contribution is 0.530. The summed E-state index contributed by atoms with van der Waals surface area (Å²) >= 11 is 0. The van der Waals surface area contributed by atoms with Gasteiger partial charge >= 0.3 is 0 Å². The molecule has 0 heterocycles. The minimum Gasteiger partial charge on any atom is -0.330 e. The quantitative estimate of drug-likeness (QED) is 0.789. The lowest BCUT2D eigenvalue weighted by Crippen LogP contribution is -2.13. The number of benzene rings is 1. The molecule has 0 aliphatic carbocycles. The number of halogens is 3. The van der Waals surface area contributed by atoms with Crippen molar-refractivity contribution >= 4 is 12.4 Å². The van der Waals surface area contributed by atoms with Crippen molar-refractivity contribution in [1.82, 2.24) is 0 Å². The second kappa shape index (κ2) is 7.54. The van der Waals surface area contributed by atoms with E-state index >= 15 is 0 Å².